The van der Waals surface area contributed by atoms with Crippen LogP contribution in [0, 0.1) is 0 Å². The number of rotatable bonds is 9. The monoisotopic (exact) mass is 460 g/mol. The van der Waals surface area contributed by atoms with Crippen LogP contribution in [0.2, 0.25) is 0 Å². The van der Waals surface area contributed by atoms with Crippen LogP contribution in [-0.2, 0) is 4.79 Å². The fourth-order valence-electron chi connectivity index (χ4n) is 4.58. The highest BCUT2D eigenvalue weighted by molar-refractivity contribution is 5.79. The molecule has 178 valence electrons. The second-order valence-corrected chi connectivity index (χ2v) is 8.45. The highest BCUT2D eigenvalue weighted by atomic mass is 16.5. The Balaban J connectivity index is 1.52. The summed E-state index contributed by atoms with van der Waals surface area (Å²) in [5.41, 5.74) is 3.17. The smallest absolute Gasteiger partial charge is 0.234 e. The van der Waals surface area contributed by atoms with Gasteiger partial charge in [-0.05, 0) is 72.5 Å². The predicted octanol–water partition coefficient (Wildman–Crippen LogP) is 4.76. The number of nitrogens with zero attached hydrogens (tertiary/aromatic N) is 1. The van der Waals surface area contributed by atoms with Gasteiger partial charge in [-0.2, -0.15) is 0 Å². The third-order valence-electron chi connectivity index (χ3n) is 6.39. The Morgan fingerprint density at radius 1 is 0.882 bits per heavy atom. The Morgan fingerprint density at radius 2 is 1.47 bits per heavy atom. The number of ether oxygens (including phenoxy) is 3. The lowest BCUT2D eigenvalue weighted by Crippen LogP contribution is -2.39. The van der Waals surface area contributed by atoms with Gasteiger partial charge < -0.3 is 19.5 Å². The molecule has 1 fully saturated rings. The van der Waals surface area contributed by atoms with Crippen molar-refractivity contribution in [3.8, 4) is 17.2 Å². The van der Waals surface area contributed by atoms with Crippen LogP contribution in [0.3, 0.4) is 0 Å². The number of methoxy groups -OCH3 is 3. The van der Waals surface area contributed by atoms with Crippen LogP contribution in [0.4, 0.5) is 0 Å². The second kappa shape index (κ2) is 11.1. The summed E-state index contributed by atoms with van der Waals surface area (Å²) in [4.78, 5) is 15.5. The summed E-state index contributed by atoms with van der Waals surface area (Å²) < 4.78 is 16.0. The zero-order valence-electron chi connectivity index (χ0n) is 20.0. The van der Waals surface area contributed by atoms with Crippen molar-refractivity contribution >= 4 is 5.91 Å². The molecule has 1 atom stereocenters. The molecule has 0 saturated carbocycles. The van der Waals surface area contributed by atoms with E-state index in [0.29, 0.717) is 6.54 Å². The maximum Gasteiger partial charge on any atom is 0.234 e. The molecule has 4 rings (SSSR count). The van der Waals surface area contributed by atoms with E-state index in [4.69, 9.17) is 14.2 Å². The maximum absolute atomic E-state index is 13.3. The van der Waals surface area contributed by atoms with Crippen molar-refractivity contribution in [2.24, 2.45) is 0 Å². The van der Waals surface area contributed by atoms with E-state index in [9.17, 15) is 4.79 Å². The minimum Gasteiger partial charge on any atom is -0.497 e. The number of benzene rings is 3. The van der Waals surface area contributed by atoms with Crippen LogP contribution < -0.4 is 19.5 Å². The van der Waals surface area contributed by atoms with E-state index < -0.39 is 0 Å². The standard InChI is InChI=1S/C28H32N2O4/c1-32-23-13-9-20(10-14-23)28(21-11-15-24(33-2)16-12-21)29-27(31)19-30-17-5-8-26(30)22-6-4-7-25(18-22)34-3/h4,6-7,9-16,18,26,28H,5,8,17,19H2,1-3H3,(H,29,31). The van der Waals surface area contributed by atoms with Gasteiger partial charge in [0, 0.05) is 6.04 Å². The summed E-state index contributed by atoms with van der Waals surface area (Å²) in [5.74, 6) is 2.39. The maximum atomic E-state index is 13.3. The number of hydrogen-bond donors (Lipinski definition) is 1. The fraction of sp³-hybridized carbons (Fsp3) is 0.321. The van der Waals surface area contributed by atoms with Crippen molar-refractivity contribution < 1.29 is 19.0 Å². The van der Waals surface area contributed by atoms with Crippen molar-refractivity contribution in [3.05, 3.63) is 89.5 Å². The first-order chi connectivity index (χ1) is 16.6. The lowest BCUT2D eigenvalue weighted by Gasteiger charge is -2.26. The van der Waals surface area contributed by atoms with E-state index in [2.05, 4.69) is 22.3 Å². The summed E-state index contributed by atoms with van der Waals surface area (Å²) in [7, 11) is 4.97. The van der Waals surface area contributed by atoms with Gasteiger partial charge in [-0.1, -0.05) is 36.4 Å². The number of carbonyl (C=O) groups excluding carboxylic acids is 1. The summed E-state index contributed by atoms with van der Waals surface area (Å²) in [5, 5.41) is 3.26. The summed E-state index contributed by atoms with van der Waals surface area (Å²) in [6, 6.07) is 23.7. The molecule has 34 heavy (non-hydrogen) atoms. The third kappa shape index (κ3) is 5.51. The first kappa shape index (κ1) is 23.6. The first-order valence-corrected chi connectivity index (χ1v) is 11.6. The van der Waals surface area contributed by atoms with Crippen LogP contribution in [0.5, 0.6) is 17.2 Å². The fourth-order valence-corrected chi connectivity index (χ4v) is 4.58. The average molecular weight is 461 g/mol. The van der Waals surface area contributed by atoms with Gasteiger partial charge in [-0.25, -0.2) is 0 Å². The number of likely N-dealkylation sites (tertiary alicyclic amines) is 1. The molecule has 0 radical (unpaired) electrons. The molecule has 1 saturated heterocycles. The molecule has 1 aliphatic heterocycles. The van der Waals surface area contributed by atoms with Crippen molar-refractivity contribution in [2.45, 2.75) is 24.9 Å². The van der Waals surface area contributed by atoms with Gasteiger partial charge in [0.1, 0.15) is 17.2 Å². The molecule has 1 unspecified atom stereocenters. The Morgan fingerprint density at radius 3 is 2.03 bits per heavy atom. The van der Waals surface area contributed by atoms with Gasteiger partial charge in [0.05, 0.1) is 33.9 Å². The molecule has 1 amide bonds. The Hall–Kier alpha value is -3.51. The van der Waals surface area contributed by atoms with Gasteiger partial charge in [0.25, 0.3) is 0 Å². The average Bonchev–Trinajstić information content (AvgIpc) is 3.35. The largest absolute Gasteiger partial charge is 0.497 e. The van der Waals surface area contributed by atoms with Crippen LogP contribution >= 0.6 is 0 Å². The molecular formula is C28H32N2O4. The number of nitrogens with one attached hydrogen (secondary N) is 1. The van der Waals surface area contributed by atoms with Crippen molar-refractivity contribution in [1.82, 2.24) is 10.2 Å². The van der Waals surface area contributed by atoms with Gasteiger partial charge in [0.15, 0.2) is 0 Å². The highest BCUT2D eigenvalue weighted by Gasteiger charge is 2.29. The Kier molecular flexibility index (Phi) is 7.70. The molecule has 6 heteroatoms. The van der Waals surface area contributed by atoms with E-state index in [0.717, 1.165) is 47.8 Å². The molecule has 0 aliphatic carbocycles. The molecule has 1 aliphatic rings. The van der Waals surface area contributed by atoms with Gasteiger partial charge >= 0.3 is 0 Å². The van der Waals surface area contributed by atoms with Crippen molar-refractivity contribution in [1.29, 1.82) is 0 Å². The van der Waals surface area contributed by atoms with Crippen LogP contribution in [0.25, 0.3) is 0 Å². The Bertz CT molecular complexity index is 1030. The quantitative estimate of drug-likeness (QED) is 0.499. The number of amides is 1. The van der Waals surface area contributed by atoms with Crippen molar-refractivity contribution in [2.75, 3.05) is 34.4 Å². The predicted molar refractivity (Wildman–Crippen MR) is 133 cm³/mol. The van der Waals surface area contributed by atoms with Gasteiger partial charge in [-0.15, -0.1) is 0 Å². The van der Waals surface area contributed by atoms with Crippen LogP contribution in [-0.4, -0.2) is 45.2 Å². The van der Waals surface area contributed by atoms with E-state index in [-0.39, 0.29) is 18.0 Å². The lowest BCUT2D eigenvalue weighted by atomic mass is 9.98. The van der Waals surface area contributed by atoms with Crippen LogP contribution in [0.15, 0.2) is 72.8 Å². The summed E-state index contributed by atoms with van der Waals surface area (Å²) in [6.45, 7) is 1.23. The zero-order valence-corrected chi connectivity index (χ0v) is 20.0. The first-order valence-electron chi connectivity index (χ1n) is 11.6. The third-order valence-corrected chi connectivity index (χ3v) is 6.39. The topological polar surface area (TPSA) is 60.0 Å². The second-order valence-electron chi connectivity index (χ2n) is 8.45. The molecule has 0 bridgehead atoms. The molecule has 0 spiro atoms. The van der Waals surface area contributed by atoms with E-state index >= 15 is 0 Å². The minimum atomic E-state index is -0.276. The Labute approximate surface area is 201 Å². The molecule has 1 heterocycles. The van der Waals surface area contributed by atoms with E-state index in [1.807, 2.05) is 60.7 Å². The molecule has 1 N–H and O–H groups in total. The highest BCUT2D eigenvalue weighted by Crippen LogP contribution is 2.33. The number of carbonyl (C=O) groups is 1. The summed E-state index contributed by atoms with van der Waals surface area (Å²) in [6.07, 6.45) is 2.09. The van der Waals surface area contributed by atoms with Gasteiger partial charge in [-0.3, -0.25) is 9.69 Å². The lowest BCUT2D eigenvalue weighted by molar-refractivity contribution is -0.123. The molecule has 6 nitrogen and oxygen atoms in total. The molecule has 0 aromatic heterocycles. The van der Waals surface area contributed by atoms with E-state index in [1.165, 1.54) is 5.56 Å². The van der Waals surface area contributed by atoms with Crippen molar-refractivity contribution in [3.63, 3.8) is 0 Å². The molecule has 3 aromatic carbocycles. The van der Waals surface area contributed by atoms with E-state index in [1.54, 1.807) is 21.3 Å². The summed E-state index contributed by atoms with van der Waals surface area (Å²) >= 11 is 0. The SMILES string of the molecule is COc1ccc(C(NC(=O)CN2CCCC2c2cccc(OC)c2)c2ccc(OC)cc2)cc1. The normalized spacial score (nSPS) is 15.8. The number of hydrogen-bond acceptors (Lipinski definition) is 5. The molecular weight excluding hydrogens is 428 g/mol. The van der Waals surface area contributed by atoms with Gasteiger partial charge in [0.2, 0.25) is 5.91 Å². The van der Waals surface area contributed by atoms with Crippen LogP contribution in [0.1, 0.15) is 41.6 Å². The minimum absolute atomic E-state index is 0.00793. The molecule has 3 aromatic rings. The zero-order chi connectivity index (χ0) is 23.9.